The Morgan fingerprint density at radius 2 is 1.88 bits per heavy atom. The van der Waals surface area contributed by atoms with Gasteiger partial charge in [0.15, 0.2) is 6.04 Å². The van der Waals surface area contributed by atoms with Crippen molar-refractivity contribution in [3.8, 4) is 0 Å². The van der Waals surface area contributed by atoms with Crippen molar-refractivity contribution >= 4 is 40.7 Å². The van der Waals surface area contributed by atoms with Crippen LogP contribution in [0.15, 0.2) is 30.5 Å². The summed E-state index contributed by atoms with van der Waals surface area (Å²) in [5.74, 6) is -1.52. The molecule has 1 aliphatic carbocycles. The molecule has 2 aromatic rings. The lowest BCUT2D eigenvalue weighted by Gasteiger charge is -2.41. The van der Waals surface area contributed by atoms with Crippen LogP contribution in [0.4, 0.5) is 18.9 Å². The van der Waals surface area contributed by atoms with Crippen LogP contribution in [0.1, 0.15) is 29.8 Å². The molecule has 1 N–H and O–H groups in total. The summed E-state index contributed by atoms with van der Waals surface area (Å²) in [6, 6.07) is 4.29. The maximum absolute atomic E-state index is 13.9. The Balaban J connectivity index is 1.45. The first-order valence-electron chi connectivity index (χ1n) is 10.7. The number of benzene rings is 1. The Bertz CT molecular complexity index is 1100. The second-order valence-electron chi connectivity index (χ2n) is 8.73. The molecule has 0 spiro atoms. The number of nitrogens with one attached hydrogen (secondary N) is 1. The van der Waals surface area contributed by atoms with E-state index in [-0.39, 0.29) is 30.7 Å². The molecule has 11 heteroatoms. The second-order valence-corrected chi connectivity index (χ2v) is 9.52. The van der Waals surface area contributed by atoms with Crippen molar-refractivity contribution in [3.05, 3.63) is 57.3 Å². The summed E-state index contributed by atoms with van der Waals surface area (Å²) >= 11 is 12.4. The molecule has 182 valence electrons. The van der Waals surface area contributed by atoms with Crippen LogP contribution in [0.2, 0.25) is 10.0 Å². The first-order chi connectivity index (χ1) is 16.0. The number of carbonyl (C=O) groups excluding carboxylic acids is 2. The second kappa shape index (κ2) is 9.26. The van der Waals surface area contributed by atoms with Gasteiger partial charge in [0.1, 0.15) is 0 Å². The van der Waals surface area contributed by atoms with Gasteiger partial charge in [-0.25, -0.2) is 0 Å². The monoisotopic (exact) mass is 514 g/mol. The Labute approximate surface area is 205 Å². The molecule has 6 nitrogen and oxygen atoms in total. The molecule has 2 atom stereocenters. The minimum absolute atomic E-state index is 0.00381. The largest absolute Gasteiger partial charge is 0.414 e. The summed E-state index contributed by atoms with van der Waals surface area (Å²) in [4.78, 5) is 30.1. The number of hydrogen-bond acceptors (Lipinski definition) is 4. The summed E-state index contributed by atoms with van der Waals surface area (Å²) < 4.78 is 41.8. The SMILES string of the molecule is CC(=O)N1CC(C(=O)N(C)[C@@H](c2ccc(NC3Cc4ccc(Cl)c(Cl)c4C3)cn2)C(F)(F)F)C1. The lowest BCUT2D eigenvalue weighted by molar-refractivity contribution is -0.193. The van der Waals surface area contributed by atoms with Crippen molar-refractivity contribution in [2.24, 2.45) is 5.92 Å². The zero-order chi connectivity index (χ0) is 24.8. The first kappa shape index (κ1) is 24.6. The quantitative estimate of drug-likeness (QED) is 0.637. The Morgan fingerprint density at radius 3 is 2.47 bits per heavy atom. The summed E-state index contributed by atoms with van der Waals surface area (Å²) in [7, 11) is 1.12. The maximum atomic E-state index is 13.9. The molecule has 1 aliphatic heterocycles. The fraction of sp³-hybridized carbons (Fsp3) is 0.435. The van der Waals surface area contributed by atoms with Gasteiger partial charge < -0.3 is 15.1 Å². The highest BCUT2D eigenvalue weighted by atomic mass is 35.5. The topological polar surface area (TPSA) is 65.5 Å². The number of rotatable bonds is 5. The van der Waals surface area contributed by atoms with Crippen LogP contribution < -0.4 is 5.32 Å². The van der Waals surface area contributed by atoms with Crippen LogP contribution in [0.5, 0.6) is 0 Å². The highest BCUT2D eigenvalue weighted by Crippen LogP contribution is 2.38. The van der Waals surface area contributed by atoms with E-state index >= 15 is 0 Å². The third kappa shape index (κ3) is 4.81. The predicted octanol–water partition coefficient (Wildman–Crippen LogP) is 4.51. The number of amides is 2. The van der Waals surface area contributed by atoms with Crippen molar-refractivity contribution in [3.63, 3.8) is 0 Å². The molecule has 2 aliphatic rings. The van der Waals surface area contributed by atoms with Crippen molar-refractivity contribution in [2.75, 3.05) is 25.5 Å². The van der Waals surface area contributed by atoms with E-state index in [1.54, 1.807) is 6.07 Å². The first-order valence-corrected chi connectivity index (χ1v) is 11.5. The number of alkyl halides is 3. The summed E-state index contributed by atoms with van der Waals surface area (Å²) in [5, 5.41) is 4.29. The highest BCUT2D eigenvalue weighted by Gasteiger charge is 2.48. The third-order valence-electron chi connectivity index (χ3n) is 6.37. The number of halogens is 5. The fourth-order valence-electron chi connectivity index (χ4n) is 4.51. The van der Waals surface area contributed by atoms with Crippen LogP contribution in [-0.2, 0) is 22.4 Å². The molecule has 0 saturated carbocycles. The Hall–Kier alpha value is -2.52. The zero-order valence-electron chi connectivity index (χ0n) is 18.5. The molecule has 0 radical (unpaired) electrons. The lowest BCUT2D eigenvalue weighted by atomic mass is 9.97. The number of carbonyl (C=O) groups is 2. The van der Waals surface area contributed by atoms with Crippen LogP contribution in [-0.4, -0.2) is 59.0 Å². The molecule has 1 aromatic heterocycles. The number of fused-ring (bicyclic) bond motifs is 1. The van der Waals surface area contributed by atoms with Gasteiger partial charge in [0.25, 0.3) is 0 Å². The summed E-state index contributed by atoms with van der Waals surface area (Å²) in [5.41, 5.74) is 2.33. The van der Waals surface area contributed by atoms with Gasteiger partial charge in [0.05, 0.1) is 33.5 Å². The van der Waals surface area contributed by atoms with Gasteiger partial charge >= 0.3 is 6.18 Å². The van der Waals surface area contributed by atoms with Gasteiger partial charge in [-0.2, -0.15) is 13.2 Å². The molecular formula is C23H23Cl2F3N4O2. The summed E-state index contributed by atoms with van der Waals surface area (Å²) in [6.07, 6.45) is -2.03. The lowest BCUT2D eigenvalue weighted by Crippen LogP contribution is -2.56. The van der Waals surface area contributed by atoms with Crippen LogP contribution in [0.3, 0.4) is 0 Å². The van der Waals surface area contributed by atoms with Gasteiger partial charge in [-0.1, -0.05) is 29.3 Å². The van der Waals surface area contributed by atoms with E-state index in [0.29, 0.717) is 33.5 Å². The van der Waals surface area contributed by atoms with E-state index in [1.165, 1.54) is 30.2 Å². The Kier molecular flexibility index (Phi) is 6.70. The van der Waals surface area contributed by atoms with E-state index in [2.05, 4.69) is 10.3 Å². The molecule has 4 rings (SSSR count). The normalized spacial score (nSPS) is 18.8. The minimum Gasteiger partial charge on any atom is -0.380 e. The minimum atomic E-state index is -4.71. The molecule has 34 heavy (non-hydrogen) atoms. The van der Waals surface area contributed by atoms with Gasteiger partial charge in [0, 0.05) is 33.1 Å². The maximum Gasteiger partial charge on any atom is 0.414 e. The number of nitrogens with zero attached hydrogens (tertiary/aromatic N) is 3. The van der Waals surface area contributed by atoms with Crippen molar-refractivity contribution < 1.29 is 22.8 Å². The van der Waals surface area contributed by atoms with E-state index in [1.807, 2.05) is 6.07 Å². The van der Waals surface area contributed by atoms with Gasteiger partial charge in [-0.3, -0.25) is 14.6 Å². The van der Waals surface area contributed by atoms with Crippen molar-refractivity contribution in [1.82, 2.24) is 14.8 Å². The van der Waals surface area contributed by atoms with Gasteiger partial charge in [-0.05, 0) is 42.2 Å². The van der Waals surface area contributed by atoms with Crippen LogP contribution in [0.25, 0.3) is 0 Å². The molecular weight excluding hydrogens is 492 g/mol. The fourth-order valence-corrected chi connectivity index (χ4v) is 4.95. The van der Waals surface area contributed by atoms with Gasteiger partial charge in [0.2, 0.25) is 11.8 Å². The van der Waals surface area contributed by atoms with Gasteiger partial charge in [-0.15, -0.1) is 0 Å². The van der Waals surface area contributed by atoms with E-state index in [4.69, 9.17) is 23.2 Å². The average Bonchev–Trinajstić information content (AvgIpc) is 3.13. The molecule has 1 fully saturated rings. The number of hydrogen-bond donors (Lipinski definition) is 1. The molecule has 1 saturated heterocycles. The third-order valence-corrected chi connectivity index (χ3v) is 7.21. The molecule has 0 bridgehead atoms. The standard InChI is InChI=1S/C23H23Cl2F3N4O2/c1-12(33)32-10-14(11-32)22(34)31(2)21(23(26,27)28)19-6-4-15(9-29-19)30-16-7-13-3-5-18(24)20(25)17(13)8-16/h3-6,9,14,16,21,30H,7-8,10-11H2,1-2H3/t16?,21-/m0/s1. The van der Waals surface area contributed by atoms with Crippen LogP contribution in [0, 0.1) is 5.92 Å². The number of aromatic nitrogens is 1. The number of anilines is 1. The smallest absolute Gasteiger partial charge is 0.380 e. The van der Waals surface area contributed by atoms with Crippen molar-refractivity contribution in [2.45, 2.75) is 38.0 Å². The van der Waals surface area contributed by atoms with E-state index in [9.17, 15) is 22.8 Å². The number of pyridine rings is 1. The molecule has 2 heterocycles. The molecule has 2 amide bonds. The zero-order valence-corrected chi connectivity index (χ0v) is 20.0. The van der Waals surface area contributed by atoms with E-state index < -0.39 is 24.0 Å². The molecule has 1 aromatic carbocycles. The van der Waals surface area contributed by atoms with Crippen LogP contribution >= 0.6 is 23.2 Å². The number of likely N-dealkylation sites (tertiary alicyclic amines) is 1. The average molecular weight is 515 g/mol. The van der Waals surface area contributed by atoms with Crippen molar-refractivity contribution in [1.29, 1.82) is 0 Å². The van der Waals surface area contributed by atoms with E-state index in [0.717, 1.165) is 18.2 Å². The predicted molar refractivity (Wildman–Crippen MR) is 123 cm³/mol. The Morgan fingerprint density at radius 1 is 1.18 bits per heavy atom. The highest BCUT2D eigenvalue weighted by molar-refractivity contribution is 6.42. The summed E-state index contributed by atoms with van der Waals surface area (Å²) in [6.45, 7) is 1.60. The molecule has 1 unspecified atom stereocenters.